The molecule has 0 fully saturated rings. The third-order valence-corrected chi connectivity index (χ3v) is 3.82. The van der Waals surface area contributed by atoms with E-state index in [1.165, 1.54) is 4.90 Å². The fourth-order valence-corrected chi connectivity index (χ4v) is 2.81. The zero-order chi connectivity index (χ0) is 15.9. The Bertz CT molecular complexity index is 769. The van der Waals surface area contributed by atoms with E-state index in [4.69, 9.17) is 11.6 Å². The fourth-order valence-electron chi connectivity index (χ4n) is 2.69. The van der Waals surface area contributed by atoms with Crippen molar-refractivity contribution in [2.24, 2.45) is 0 Å². The number of hydrogen-bond acceptors (Lipinski definition) is 3. The summed E-state index contributed by atoms with van der Waals surface area (Å²) < 4.78 is 1.60. The van der Waals surface area contributed by atoms with Crippen molar-refractivity contribution in [3.05, 3.63) is 35.7 Å². The van der Waals surface area contributed by atoms with E-state index in [0.29, 0.717) is 35.0 Å². The number of benzene rings is 1. The lowest BCUT2D eigenvalue weighted by molar-refractivity contribution is -0.115. The topological polar surface area (TPSA) is 67.2 Å². The molecule has 0 radical (unpaired) electrons. The maximum Gasteiger partial charge on any atom is 0.276 e. The highest BCUT2D eigenvalue weighted by molar-refractivity contribution is 6.31. The Kier molecular flexibility index (Phi) is 3.62. The van der Waals surface area contributed by atoms with E-state index in [0.717, 1.165) is 0 Å². The molecule has 1 aliphatic rings. The second-order valence-electron chi connectivity index (χ2n) is 4.93. The number of carbonyl (C=O) groups is 2. The number of halogens is 1. The molecule has 0 aliphatic carbocycles. The van der Waals surface area contributed by atoms with Gasteiger partial charge in [0, 0.05) is 6.54 Å². The van der Waals surface area contributed by atoms with Crippen LogP contribution in [0.2, 0.25) is 0 Å². The molecule has 2 amide bonds. The summed E-state index contributed by atoms with van der Waals surface area (Å²) in [5.74, 6) is -0.765. The van der Waals surface area contributed by atoms with E-state index in [2.05, 4.69) is 10.4 Å². The highest BCUT2D eigenvalue weighted by atomic mass is 35.5. The Morgan fingerprint density at radius 1 is 1.36 bits per heavy atom. The zero-order valence-electron chi connectivity index (χ0n) is 12.3. The normalized spacial score (nSPS) is 13.2. The van der Waals surface area contributed by atoms with Crippen LogP contribution in [0.1, 0.15) is 23.1 Å². The van der Waals surface area contributed by atoms with Gasteiger partial charge in [-0.05, 0) is 26.0 Å². The molecule has 0 spiro atoms. The molecule has 2 heterocycles. The van der Waals surface area contributed by atoms with E-state index in [1.807, 2.05) is 13.0 Å². The maximum absolute atomic E-state index is 12.6. The summed E-state index contributed by atoms with van der Waals surface area (Å²) in [4.78, 5) is 26.5. The number of carbonyl (C=O) groups excluding carboxylic acids is 2. The summed E-state index contributed by atoms with van der Waals surface area (Å²) in [6, 6.07) is 7.14. The van der Waals surface area contributed by atoms with Gasteiger partial charge in [-0.1, -0.05) is 12.1 Å². The minimum Gasteiger partial charge on any atom is -0.319 e. The number of hydrogen-bond donors (Lipinski definition) is 1. The fraction of sp³-hybridized carbons (Fsp3) is 0.267. The molecule has 7 heteroatoms. The summed E-state index contributed by atoms with van der Waals surface area (Å²) in [5.41, 5.74) is 2.65. The predicted molar refractivity (Wildman–Crippen MR) is 84.9 cm³/mol. The Balaban J connectivity index is 2.34. The van der Waals surface area contributed by atoms with Crippen LogP contribution in [0.4, 0.5) is 17.1 Å². The highest BCUT2D eigenvalue weighted by Gasteiger charge is 2.34. The van der Waals surface area contributed by atoms with Crippen LogP contribution >= 0.6 is 11.6 Å². The van der Waals surface area contributed by atoms with Gasteiger partial charge in [-0.2, -0.15) is 5.10 Å². The number of rotatable bonds is 2. The van der Waals surface area contributed by atoms with Crippen molar-refractivity contribution in [2.45, 2.75) is 20.4 Å². The van der Waals surface area contributed by atoms with Gasteiger partial charge in [-0.15, -0.1) is 11.6 Å². The molecular weight excluding hydrogens is 304 g/mol. The zero-order valence-corrected chi connectivity index (χ0v) is 13.0. The molecule has 0 bridgehead atoms. The van der Waals surface area contributed by atoms with Crippen molar-refractivity contribution in [3.63, 3.8) is 0 Å². The van der Waals surface area contributed by atoms with Crippen molar-refractivity contribution in [1.29, 1.82) is 0 Å². The van der Waals surface area contributed by atoms with Gasteiger partial charge >= 0.3 is 0 Å². The smallest absolute Gasteiger partial charge is 0.276 e. The van der Waals surface area contributed by atoms with Gasteiger partial charge in [0.05, 0.1) is 17.1 Å². The van der Waals surface area contributed by atoms with Gasteiger partial charge in [-0.3, -0.25) is 19.2 Å². The van der Waals surface area contributed by atoms with Crippen LogP contribution < -0.4 is 10.2 Å². The van der Waals surface area contributed by atoms with Gasteiger partial charge in [0.25, 0.3) is 5.91 Å². The van der Waals surface area contributed by atoms with Crippen molar-refractivity contribution < 1.29 is 9.59 Å². The van der Waals surface area contributed by atoms with Crippen LogP contribution in [0.5, 0.6) is 0 Å². The largest absolute Gasteiger partial charge is 0.319 e. The molecule has 1 aromatic heterocycles. The molecule has 0 saturated carbocycles. The Hall–Kier alpha value is -2.34. The monoisotopic (exact) mass is 318 g/mol. The summed E-state index contributed by atoms with van der Waals surface area (Å²) >= 11 is 5.78. The predicted octanol–water partition coefficient (Wildman–Crippen LogP) is 2.68. The summed E-state index contributed by atoms with van der Waals surface area (Å²) in [6.45, 7) is 4.20. The highest BCUT2D eigenvalue weighted by Crippen LogP contribution is 2.39. The van der Waals surface area contributed by atoms with E-state index >= 15 is 0 Å². The van der Waals surface area contributed by atoms with Crippen molar-refractivity contribution in [1.82, 2.24) is 9.78 Å². The molecule has 2 aromatic rings. The molecule has 0 saturated heterocycles. The second-order valence-corrected chi connectivity index (χ2v) is 5.20. The third-order valence-electron chi connectivity index (χ3n) is 3.59. The van der Waals surface area contributed by atoms with Gasteiger partial charge in [0.2, 0.25) is 5.91 Å². The average Bonchev–Trinajstić information content (AvgIpc) is 2.78. The summed E-state index contributed by atoms with van der Waals surface area (Å²) in [7, 11) is 0. The Morgan fingerprint density at radius 2 is 2.09 bits per heavy atom. The molecule has 1 aromatic carbocycles. The molecule has 6 nitrogen and oxygen atoms in total. The van der Waals surface area contributed by atoms with Crippen LogP contribution in [0.25, 0.3) is 0 Å². The summed E-state index contributed by atoms with van der Waals surface area (Å²) in [6.07, 6.45) is 0. The molecule has 1 aliphatic heterocycles. The molecule has 22 heavy (non-hydrogen) atoms. The van der Waals surface area contributed by atoms with Crippen molar-refractivity contribution >= 4 is 40.5 Å². The number of fused-ring (bicyclic) bond motifs is 2. The van der Waals surface area contributed by atoms with Crippen molar-refractivity contribution in [2.75, 3.05) is 16.1 Å². The van der Waals surface area contributed by atoms with Crippen molar-refractivity contribution in [3.8, 4) is 0 Å². The first-order valence-electron chi connectivity index (χ1n) is 6.95. The first-order chi connectivity index (χ1) is 10.6. The number of anilines is 3. The first kappa shape index (κ1) is 14.6. The van der Waals surface area contributed by atoms with Gasteiger partial charge in [-0.25, -0.2) is 0 Å². The van der Waals surface area contributed by atoms with E-state index in [-0.39, 0.29) is 17.7 Å². The minimum atomic E-state index is -0.300. The van der Waals surface area contributed by atoms with Crippen LogP contribution in [0.3, 0.4) is 0 Å². The molecule has 3 rings (SSSR count). The van der Waals surface area contributed by atoms with Crippen LogP contribution in [0.15, 0.2) is 24.3 Å². The summed E-state index contributed by atoms with van der Waals surface area (Å²) in [5, 5.41) is 7.20. The minimum absolute atomic E-state index is 0.182. The van der Waals surface area contributed by atoms with E-state index in [9.17, 15) is 9.59 Å². The Morgan fingerprint density at radius 3 is 2.77 bits per heavy atom. The quantitative estimate of drug-likeness (QED) is 0.866. The number of aryl methyl sites for hydroxylation is 2. The number of nitrogens with one attached hydrogen (secondary N) is 1. The number of aromatic nitrogens is 2. The van der Waals surface area contributed by atoms with Crippen LogP contribution in [-0.4, -0.2) is 27.5 Å². The van der Waals surface area contributed by atoms with Gasteiger partial charge < -0.3 is 5.32 Å². The molecule has 0 atom stereocenters. The molecule has 1 N–H and O–H groups in total. The van der Waals surface area contributed by atoms with Crippen LogP contribution in [0, 0.1) is 6.92 Å². The standard InChI is InChI=1S/C15H15ClN4O2/c1-3-19-14-13(9(2)18-19)20(12(21)8-16)11-7-5-4-6-10(11)17-15(14)22/h4-7H,3,8H2,1-2H3,(H,17,22). The third kappa shape index (κ3) is 2.07. The SMILES string of the molecule is CCn1nc(C)c2c1C(=O)Nc1ccccc1N2C(=O)CCl. The Labute approximate surface area is 132 Å². The molecular formula is C15H15ClN4O2. The molecule has 0 unspecified atom stereocenters. The lowest BCUT2D eigenvalue weighted by Crippen LogP contribution is -2.28. The second kappa shape index (κ2) is 5.46. The molecule has 114 valence electrons. The van der Waals surface area contributed by atoms with Crippen LogP contribution in [-0.2, 0) is 11.3 Å². The van der Waals surface area contributed by atoms with Gasteiger partial charge in [0.1, 0.15) is 11.6 Å². The number of alkyl halides is 1. The number of nitrogens with zero attached hydrogens (tertiary/aromatic N) is 3. The average molecular weight is 319 g/mol. The first-order valence-corrected chi connectivity index (χ1v) is 7.48. The lowest BCUT2D eigenvalue weighted by atomic mass is 10.2. The van der Waals surface area contributed by atoms with E-state index in [1.54, 1.807) is 29.8 Å². The van der Waals surface area contributed by atoms with Gasteiger partial charge in [0.15, 0.2) is 5.69 Å². The number of para-hydroxylation sites is 2. The lowest BCUT2D eigenvalue weighted by Gasteiger charge is -2.22. The van der Waals surface area contributed by atoms with E-state index < -0.39 is 0 Å². The maximum atomic E-state index is 12.6. The number of amides is 2.